The minimum Gasteiger partial charge on any atom is -0.352 e. The van der Waals surface area contributed by atoms with E-state index in [1.54, 1.807) is 6.20 Å². The van der Waals surface area contributed by atoms with E-state index in [0.29, 0.717) is 6.04 Å². The zero-order valence-electron chi connectivity index (χ0n) is 11.3. The first-order chi connectivity index (χ1) is 9.18. The van der Waals surface area contributed by atoms with Crippen molar-refractivity contribution in [1.82, 2.24) is 19.6 Å². The number of hydrogen-bond acceptors (Lipinski definition) is 4. The fraction of sp³-hybridized carbons (Fsp3) is 0.615. The lowest BCUT2D eigenvalue weighted by Gasteiger charge is -2.35. The molecule has 2 aromatic rings. The SMILES string of the molecule is Cc1nnc2c(N(C)C3CCCCC3Cl)nccn12. The van der Waals surface area contributed by atoms with E-state index < -0.39 is 0 Å². The molecule has 0 aliphatic heterocycles. The van der Waals surface area contributed by atoms with Gasteiger partial charge in [-0.25, -0.2) is 4.98 Å². The Morgan fingerprint density at radius 1 is 1.32 bits per heavy atom. The Balaban J connectivity index is 1.99. The number of aromatic nitrogens is 4. The highest BCUT2D eigenvalue weighted by molar-refractivity contribution is 6.21. The van der Waals surface area contributed by atoms with Gasteiger partial charge in [0.1, 0.15) is 5.82 Å². The summed E-state index contributed by atoms with van der Waals surface area (Å²) >= 11 is 6.47. The average molecular weight is 280 g/mol. The Bertz CT molecular complexity index is 581. The molecule has 2 unspecified atom stereocenters. The fourth-order valence-corrected chi connectivity index (χ4v) is 3.29. The predicted octanol–water partition coefficient (Wildman–Crippen LogP) is 2.42. The highest BCUT2D eigenvalue weighted by atomic mass is 35.5. The number of alkyl halides is 1. The van der Waals surface area contributed by atoms with E-state index >= 15 is 0 Å². The van der Waals surface area contributed by atoms with Gasteiger partial charge < -0.3 is 4.90 Å². The summed E-state index contributed by atoms with van der Waals surface area (Å²) in [4.78, 5) is 6.64. The summed E-state index contributed by atoms with van der Waals surface area (Å²) in [6.07, 6.45) is 8.32. The monoisotopic (exact) mass is 279 g/mol. The molecule has 2 heterocycles. The molecule has 1 saturated carbocycles. The van der Waals surface area contributed by atoms with Crippen molar-refractivity contribution in [3.05, 3.63) is 18.2 Å². The molecule has 1 aliphatic rings. The van der Waals surface area contributed by atoms with E-state index in [9.17, 15) is 0 Å². The molecule has 3 rings (SSSR count). The Labute approximate surface area is 117 Å². The molecule has 2 aromatic heterocycles. The van der Waals surface area contributed by atoms with E-state index in [0.717, 1.165) is 30.1 Å². The van der Waals surface area contributed by atoms with Crippen LogP contribution in [0.3, 0.4) is 0 Å². The van der Waals surface area contributed by atoms with E-state index in [1.165, 1.54) is 12.8 Å². The van der Waals surface area contributed by atoms with Crippen molar-refractivity contribution in [3.63, 3.8) is 0 Å². The Hall–Kier alpha value is -1.36. The van der Waals surface area contributed by atoms with Crippen LogP contribution in [0.2, 0.25) is 0 Å². The van der Waals surface area contributed by atoms with Gasteiger partial charge in [0.2, 0.25) is 5.65 Å². The molecule has 0 bridgehead atoms. The summed E-state index contributed by atoms with van der Waals surface area (Å²) in [5.74, 6) is 1.73. The molecule has 0 saturated heterocycles. The highest BCUT2D eigenvalue weighted by Crippen LogP contribution is 2.30. The van der Waals surface area contributed by atoms with E-state index in [1.807, 2.05) is 17.5 Å². The van der Waals surface area contributed by atoms with Crippen molar-refractivity contribution in [2.75, 3.05) is 11.9 Å². The molecular weight excluding hydrogens is 262 g/mol. The van der Waals surface area contributed by atoms with Crippen molar-refractivity contribution in [2.24, 2.45) is 0 Å². The molecule has 1 aliphatic carbocycles. The number of halogens is 1. The molecule has 2 atom stereocenters. The van der Waals surface area contributed by atoms with Gasteiger partial charge in [-0.05, 0) is 19.8 Å². The largest absolute Gasteiger partial charge is 0.352 e. The summed E-state index contributed by atoms with van der Waals surface area (Å²) in [7, 11) is 2.05. The van der Waals surface area contributed by atoms with Crippen LogP contribution in [0, 0.1) is 6.92 Å². The van der Waals surface area contributed by atoms with E-state index in [2.05, 4.69) is 27.1 Å². The summed E-state index contributed by atoms with van der Waals surface area (Å²) in [6, 6.07) is 0.325. The van der Waals surface area contributed by atoms with Gasteiger partial charge in [-0.15, -0.1) is 21.8 Å². The first-order valence-corrected chi connectivity index (χ1v) is 7.15. The van der Waals surface area contributed by atoms with Gasteiger partial charge in [-0.1, -0.05) is 12.8 Å². The zero-order chi connectivity index (χ0) is 13.4. The number of anilines is 1. The van der Waals surface area contributed by atoms with Crippen LogP contribution in [0.1, 0.15) is 31.5 Å². The lowest BCUT2D eigenvalue weighted by molar-refractivity contribution is 0.433. The first-order valence-electron chi connectivity index (χ1n) is 6.71. The minimum absolute atomic E-state index is 0.185. The van der Waals surface area contributed by atoms with Crippen LogP contribution >= 0.6 is 11.6 Å². The zero-order valence-corrected chi connectivity index (χ0v) is 12.0. The van der Waals surface area contributed by atoms with E-state index in [-0.39, 0.29) is 5.38 Å². The molecule has 0 spiro atoms. The van der Waals surface area contributed by atoms with Gasteiger partial charge in [0.15, 0.2) is 5.82 Å². The maximum absolute atomic E-state index is 6.47. The maximum atomic E-state index is 6.47. The highest BCUT2D eigenvalue weighted by Gasteiger charge is 2.28. The molecule has 1 fully saturated rings. The van der Waals surface area contributed by atoms with Gasteiger partial charge in [0.25, 0.3) is 0 Å². The maximum Gasteiger partial charge on any atom is 0.203 e. The molecule has 102 valence electrons. The number of aryl methyl sites for hydroxylation is 1. The smallest absolute Gasteiger partial charge is 0.203 e. The Morgan fingerprint density at radius 2 is 2.11 bits per heavy atom. The summed E-state index contributed by atoms with van der Waals surface area (Å²) in [5.41, 5.74) is 0.803. The van der Waals surface area contributed by atoms with Gasteiger partial charge in [-0.3, -0.25) is 4.40 Å². The molecular formula is C13H18ClN5. The third kappa shape index (κ3) is 2.16. The average Bonchev–Trinajstić information content (AvgIpc) is 2.80. The number of fused-ring (bicyclic) bond motifs is 1. The Kier molecular flexibility index (Phi) is 3.31. The summed E-state index contributed by atoms with van der Waals surface area (Å²) in [6.45, 7) is 1.94. The molecule has 0 aromatic carbocycles. The van der Waals surface area contributed by atoms with Crippen molar-refractivity contribution >= 4 is 23.1 Å². The Morgan fingerprint density at radius 3 is 2.89 bits per heavy atom. The van der Waals surface area contributed by atoms with Gasteiger partial charge >= 0.3 is 0 Å². The van der Waals surface area contributed by atoms with Crippen molar-refractivity contribution in [3.8, 4) is 0 Å². The standard InChI is InChI=1S/C13H18ClN5/c1-9-16-17-13-12(15-7-8-19(9)13)18(2)11-6-4-3-5-10(11)14/h7-8,10-11H,3-6H2,1-2H3. The lowest BCUT2D eigenvalue weighted by atomic mass is 9.94. The first kappa shape index (κ1) is 12.7. The second-order valence-electron chi connectivity index (χ2n) is 5.17. The third-order valence-corrected chi connectivity index (χ3v) is 4.47. The van der Waals surface area contributed by atoms with Crippen LogP contribution in [-0.2, 0) is 0 Å². The quantitative estimate of drug-likeness (QED) is 0.792. The molecule has 0 amide bonds. The van der Waals surface area contributed by atoms with Gasteiger partial charge in [0.05, 0.1) is 5.38 Å². The van der Waals surface area contributed by atoms with Gasteiger partial charge in [0, 0.05) is 25.5 Å². The molecule has 6 heteroatoms. The van der Waals surface area contributed by atoms with Crippen LogP contribution in [0.5, 0.6) is 0 Å². The number of hydrogen-bond donors (Lipinski definition) is 0. The molecule has 0 N–H and O–H groups in total. The number of nitrogens with zero attached hydrogens (tertiary/aromatic N) is 5. The van der Waals surface area contributed by atoms with Gasteiger partial charge in [-0.2, -0.15) is 0 Å². The van der Waals surface area contributed by atoms with E-state index in [4.69, 9.17) is 11.6 Å². The van der Waals surface area contributed by atoms with Crippen LogP contribution in [0.15, 0.2) is 12.4 Å². The van der Waals surface area contributed by atoms with Crippen LogP contribution in [0.4, 0.5) is 5.82 Å². The minimum atomic E-state index is 0.185. The predicted molar refractivity (Wildman–Crippen MR) is 75.8 cm³/mol. The lowest BCUT2D eigenvalue weighted by Crippen LogP contribution is -2.41. The van der Waals surface area contributed by atoms with Crippen LogP contribution < -0.4 is 4.90 Å². The van der Waals surface area contributed by atoms with Crippen molar-refractivity contribution < 1.29 is 0 Å². The normalized spacial score (nSPS) is 23.7. The second kappa shape index (κ2) is 4.96. The summed E-state index contributed by atoms with van der Waals surface area (Å²) < 4.78 is 1.96. The molecule has 0 radical (unpaired) electrons. The molecule has 5 nitrogen and oxygen atoms in total. The topological polar surface area (TPSA) is 46.3 Å². The number of rotatable bonds is 2. The van der Waals surface area contributed by atoms with Crippen LogP contribution in [-0.4, -0.2) is 38.0 Å². The fourth-order valence-electron chi connectivity index (χ4n) is 2.84. The van der Waals surface area contributed by atoms with Crippen molar-refractivity contribution in [2.45, 2.75) is 44.0 Å². The van der Waals surface area contributed by atoms with Crippen LogP contribution in [0.25, 0.3) is 5.65 Å². The summed E-state index contributed by atoms with van der Waals surface area (Å²) in [5, 5.41) is 8.53. The molecule has 19 heavy (non-hydrogen) atoms. The van der Waals surface area contributed by atoms with Crippen molar-refractivity contribution in [1.29, 1.82) is 0 Å². The second-order valence-corrected chi connectivity index (χ2v) is 5.73. The third-order valence-electron chi connectivity index (χ3n) is 3.96.